The number of rotatable bonds is 7. The van der Waals surface area contributed by atoms with Crippen molar-refractivity contribution in [3.05, 3.63) is 35.4 Å². The Bertz CT molecular complexity index is 343. The van der Waals surface area contributed by atoms with Crippen molar-refractivity contribution < 1.29 is 5.11 Å². The molecule has 0 fully saturated rings. The Labute approximate surface area is 112 Å². The van der Waals surface area contributed by atoms with E-state index in [0.29, 0.717) is 0 Å². The zero-order valence-corrected chi connectivity index (χ0v) is 12.2. The third-order valence-electron chi connectivity index (χ3n) is 3.14. The van der Waals surface area contributed by atoms with Crippen molar-refractivity contribution in [2.24, 2.45) is 5.41 Å². The van der Waals surface area contributed by atoms with E-state index in [1.165, 1.54) is 17.5 Å². The Morgan fingerprint density at radius 2 is 1.67 bits per heavy atom. The lowest BCUT2D eigenvalue weighted by molar-refractivity contribution is 0.112. The molecule has 2 heteroatoms. The van der Waals surface area contributed by atoms with Gasteiger partial charge < -0.3 is 10.0 Å². The van der Waals surface area contributed by atoms with Gasteiger partial charge in [0.05, 0.1) is 0 Å². The number of aryl methyl sites for hydroxylation is 1. The van der Waals surface area contributed by atoms with Crippen molar-refractivity contribution in [2.75, 3.05) is 20.2 Å². The van der Waals surface area contributed by atoms with Crippen LogP contribution in [0.25, 0.3) is 0 Å². The van der Waals surface area contributed by atoms with Crippen molar-refractivity contribution in [3.8, 4) is 0 Å². The zero-order chi connectivity index (χ0) is 13.6. The summed E-state index contributed by atoms with van der Waals surface area (Å²) in [5.41, 5.74) is 2.72. The summed E-state index contributed by atoms with van der Waals surface area (Å²) in [7, 11) is 2.11. The van der Waals surface area contributed by atoms with E-state index in [9.17, 15) is 5.11 Å². The molecule has 1 aromatic rings. The van der Waals surface area contributed by atoms with Crippen LogP contribution >= 0.6 is 0 Å². The molecule has 1 aromatic carbocycles. The van der Waals surface area contributed by atoms with Gasteiger partial charge in [-0.15, -0.1) is 0 Å². The summed E-state index contributed by atoms with van der Waals surface area (Å²) in [6.45, 7) is 8.46. The molecule has 0 spiro atoms. The molecule has 18 heavy (non-hydrogen) atoms. The maximum absolute atomic E-state index is 9.28. The quantitative estimate of drug-likeness (QED) is 0.802. The second kappa shape index (κ2) is 6.91. The first-order valence-electron chi connectivity index (χ1n) is 6.84. The van der Waals surface area contributed by atoms with Gasteiger partial charge in [-0.2, -0.15) is 0 Å². The first-order valence-corrected chi connectivity index (χ1v) is 6.84. The molecule has 0 aliphatic heterocycles. The first-order chi connectivity index (χ1) is 8.46. The van der Waals surface area contributed by atoms with Crippen LogP contribution in [-0.4, -0.2) is 30.2 Å². The highest BCUT2D eigenvalue weighted by atomic mass is 16.3. The smallest absolute Gasteiger partial charge is 0.0494 e. The first kappa shape index (κ1) is 15.2. The van der Waals surface area contributed by atoms with E-state index in [4.69, 9.17) is 0 Å². The number of hydrogen-bond acceptors (Lipinski definition) is 2. The summed E-state index contributed by atoms with van der Waals surface area (Å²) in [6, 6.07) is 8.88. The van der Waals surface area contributed by atoms with E-state index in [1.54, 1.807) is 0 Å². The van der Waals surface area contributed by atoms with Gasteiger partial charge >= 0.3 is 0 Å². The summed E-state index contributed by atoms with van der Waals surface area (Å²) in [5.74, 6) is 0. The lowest BCUT2D eigenvalue weighted by Gasteiger charge is -2.28. The normalized spacial score (nSPS) is 12.1. The second-order valence-electron chi connectivity index (χ2n) is 6.06. The van der Waals surface area contributed by atoms with Crippen molar-refractivity contribution in [1.29, 1.82) is 0 Å². The van der Waals surface area contributed by atoms with Gasteiger partial charge in [-0.3, -0.25) is 0 Å². The van der Waals surface area contributed by atoms with E-state index in [2.05, 4.69) is 57.0 Å². The van der Waals surface area contributed by atoms with Gasteiger partial charge in [0, 0.05) is 25.1 Å². The Morgan fingerprint density at radius 1 is 1.11 bits per heavy atom. The third-order valence-corrected chi connectivity index (χ3v) is 3.14. The summed E-state index contributed by atoms with van der Waals surface area (Å²) in [4.78, 5) is 2.27. The van der Waals surface area contributed by atoms with E-state index >= 15 is 0 Å². The predicted molar refractivity (Wildman–Crippen MR) is 77.6 cm³/mol. The lowest BCUT2D eigenvalue weighted by atomic mass is 9.94. The highest BCUT2D eigenvalue weighted by Crippen LogP contribution is 2.16. The largest absolute Gasteiger partial charge is 0.396 e. The molecule has 0 saturated carbocycles. The van der Waals surface area contributed by atoms with Crippen molar-refractivity contribution in [1.82, 2.24) is 4.90 Å². The van der Waals surface area contributed by atoms with Crippen molar-refractivity contribution >= 4 is 0 Å². The van der Waals surface area contributed by atoms with Crippen LogP contribution in [0.1, 0.15) is 38.3 Å². The number of nitrogens with zero attached hydrogens (tertiary/aromatic N) is 1. The van der Waals surface area contributed by atoms with Gasteiger partial charge in [0.1, 0.15) is 0 Å². The molecule has 0 aromatic heterocycles. The summed E-state index contributed by atoms with van der Waals surface area (Å²) in [6.07, 6.45) is 2.36. The molecular weight excluding hydrogens is 222 g/mol. The fourth-order valence-corrected chi connectivity index (χ4v) is 2.25. The molecule has 0 amide bonds. The van der Waals surface area contributed by atoms with Crippen molar-refractivity contribution in [2.45, 2.75) is 40.2 Å². The van der Waals surface area contributed by atoms with Gasteiger partial charge in [0.15, 0.2) is 0 Å². The lowest BCUT2D eigenvalue weighted by Crippen LogP contribution is -2.33. The van der Waals surface area contributed by atoms with E-state index in [0.717, 1.165) is 19.5 Å². The number of aliphatic hydroxyl groups is 1. The van der Waals surface area contributed by atoms with Crippen LogP contribution < -0.4 is 0 Å². The van der Waals surface area contributed by atoms with Crippen LogP contribution in [0.4, 0.5) is 0 Å². The molecule has 102 valence electrons. The minimum Gasteiger partial charge on any atom is -0.396 e. The predicted octanol–water partition coefficient (Wildman–Crippen LogP) is 3.09. The van der Waals surface area contributed by atoms with Gasteiger partial charge in [-0.05, 0) is 24.6 Å². The van der Waals surface area contributed by atoms with Crippen LogP contribution in [0.15, 0.2) is 24.3 Å². The Kier molecular flexibility index (Phi) is 5.83. The molecule has 0 radical (unpaired) electrons. The summed E-state index contributed by atoms with van der Waals surface area (Å²) in [5, 5.41) is 9.28. The van der Waals surface area contributed by atoms with Crippen LogP contribution in [0, 0.1) is 5.41 Å². The number of hydrogen-bond donors (Lipinski definition) is 1. The fourth-order valence-electron chi connectivity index (χ4n) is 2.25. The van der Waals surface area contributed by atoms with Crippen LogP contribution in [0.2, 0.25) is 0 Å². The SMILES string of the molecule is CCCc1ccc(CN(C)CC(C)(C)CO)cc1. The molecule has 0 bridgehead atoms. The molecular formula is C16H27NO. The average Bonchev–Trinajstić information content (AvgIpc) is 2.31. The zero-order valence-electron chi connectivity index (χ0n) is 12.2. The third kappa shape index (κ3) is 5.19. The molecule has 0 unspecified atom stereocenters. The van der Waals surface area contributed by atoms with Crippen molar-refractivity contribution in [3.63, 3.8) is 0 Å². The van der Waals surface area contributed by atoms with E-state index < -0.39 is 0 Å². The molecule has 1 N–H and O–H groups in total. The maximum atomic E-state index is 9.28. The fraction of sp³-hybridized carbons (Fsp3) is 0.625. The van der Waals surface area contributed by atoms with Crippen LogP contribution in [-0.2, 0) is 13.0 Å². The van der Waals surface area contributed by atoms with E-state index in [-0.39, 0.29) is 12.0 Å². The van der Waals surface area contributed by atoms with Gasteiger partial charge in [0.2, 0.25) is 0 Å². The minimum atomic E-state index is -0.0309. The van der Waals surface area contributed by atoms with Gasteiger partial charge in [-0.1, -0.05) is 51.5 Å². The van der Waals surface area contributed by atoms with Crippen LogP contribution in [0.3, 0.4) is 0 Å². The average molecular weight is 249 g/mol. The van der Waals surface area contributed by atoms with E-state index in [1.807, 2.05) is 0 Å². The Morgan fingerprint density at radius 3 is 2.17 bits per heavy atom. The minimum absolute atomic E-state index is 0.0309. The molecule has 2 nitrogen and oxygen atoms in total. The topological polar surface area (TPSA) is 23.5 Å². The molecule has 0 saturated heterocycles. The molecule has 0 aliphatic rings. The van der Waals surface area contributed by atoms with Gasteiger partial charge in [0.25, 0.3) is 0 Å². The second-order valence-corrected chi connectivity index (χ2v) is 6.06. The Hall–Kier alpha value is -0.860. The number of benzene rings is 1. The summed E-state index contributed by atoms with van der Waals surface area (Å²) < 4.78 is 0. The monoisotopic (exact) mass is 249 g/mol. The molecule has 1 rings (SSSR count). The Balaban J connectivity index is 2.51. The molecule has 0 aliphatic carbocycles. The van der Waals surface area contributed by atoms with Gasteiger partial charge in [-0.25, -0.2) is 0 Å². The molecule has 0 atom stereocenters. The number of aliphatic hydroxyl groups excluding tert-OH is 1. The molecule has 0 heterocycles. The maximum Gasteiger partial charge on any atom is 0.0494 e. The highest BCUT2D eigenvalue weighted by Gasteiger charge is 2.18. The summed E-state index contributed by atoms with van der Waals surface area (Å²) >= 11 is 0. The van der Waals surface area contributed by atoms with Crippen LogP contribution in [0.5, 0.6) is 0 Å². The standard InChI is InChI=1S/C16H27NO/c1-5-6-14-7-9-15(10-8-14)11-17(4)12-16(2,3)13-18/h7-10,18H,5-6,11-13H2,1-4H3. The highest BCUT2D eigenvalue weighted by molar-refractivity contribution is 5.22.